The normalized spacial score (nSPS) is 22.9. The summed E-state index contributed by atoms with van der Waals surface area (Å²) in [6.07, 6.45) is 6.90. The van der Waals surface area contributed by atoms with E-state index in [4.69, 9.17) is 4.74 Å². The SMILES string of the molecule is CC(Sc1nnc2n1CCCCC2)C(=O)NCC1CCCO1. The fourth-order valence-corrected chi connectivity index (χ4v) is 3.84. The zero-order valence-electron chi connectivity index (χ0n) is 13.1. The number of ether oxygens (including phenoxy) is 1. The van der Waals surface area contributed by atoms with Gasteiger partial charge < -0.3 is 14.6 Å². The number of hydrogen-bond acceptors (Lipinski definition) is 5. The molecule has 3 heterocycles. The summed E-state index contributed by atoms with van der Waals surface area (Å²) in [5.41, 5.74) is 0. The number of hydrogen-bond donors (Lipinski definition) is 1. The number of aromatic nitrogens is 3. The smallest absolute Gasteiger partial charge is 0.233 e. The van der Waals surface area contributed by atoms with Crippen molar-refractivity contribution in [2.75, 3.05) is 13.2 Å². The van der Waals surface area contributed by atoms with Crippen molar-refractivity contribution >= 4 is 17.7 Å². The van der Waals surface area contributed by atoms with Crippen LogP contribution in [0.5, 0.6) is 0 Å². The summed E-state index contributed by atoms with van der Waals surface area (Å²) in [6.45, 7) is 4.32. The Morgan fingerprint density at radius 1 is 1.41 bits per heavy atom. The second-order valence-electron chi connectivity index (χ2n) is 6.00. The molecular weight excluding hydrogens is 300 g/mol. The van der Waals surface area contributed by atoms with Crippen molar-refractivity contribution in [3.8, 4) is 0 Å². The molecule has 0 spiro atoms. The van der Waals surface area contributed by atoms with Crippen molar-refractivity contribution < 1.29 is 9.53 Å². The zero-order chi connectivity index (χ0) is 15.4. The van der Waals surface area contributed by atoms with Crippen LogP contribution in [0.3, 0.4) is 0 Å². The van der Waals surface area contributed by atoms with Crippen LogP contribution in [-0.4, -0.2) is 45.2 Å². The van der Waals surface area contributed by atoms with E-state index in [1.807, 2.05) is 6.92 Å². The van der Waals surface area contributed by atoms with Crippen LogP contribution in [-0.2, 0) is 22.5 Å². The van der Waals surface area contributed by atoms with Crippen molar-refractivity contribution in [2.45, 2.75) is 68.5 Å². The molecule has 0 aliphatic carbocycles. The highest BCUT2D eigenvalue weighted by molar-refractivity contribution is 8.00. The lowest BCUT2D eigenvalue weighted by Gasteiger charge is -2.15. The van der Waals surface area contributed by atoms with Crippen LogP contribution in [0.4, 0.5) is 0 Å². The average molecular weight is 324 g/mol. The summed E-state index contributed by atoms with van der Waals surface area (Å²) in [7, 11) is 0. The Hall–Kier alpha value is -1.08. The maximum atomic E-state index is 12.2. The van der Waals surface area contributed by atoms with E-state index in [0.717, 1.165) is 49.8 Å². The first kappa shape index (κ1) is 15.8. The predicted molar refractivity (Wildman–Crippen MR) is 84.9 cm³/mol. The van der Waals surface area contributed by atoms with Crippen molar-refractivity contribution in [3.05, 3.63) is 5.82 Å². The number of aryl methyl sites for hydroxylation is 1. The van der Waals surface area contributed by atoms with E-state index in [0.29, 0.717) is 6.54 Å². The van der Waals surface area contributed by atoms with Crippen LogP contribution in [0, 0.1) is 0 Å². The monoisotopic (exact) mass is 324 g/mol. The molecule has 1 N–H and O–H groups in total. The Morgan fingerprint density at radius 2 is 2.32 bits per heavy atom. The van der Waals surface area contributed by atoms with Gasteiger partial charge in [-0.1, -0.05) is 18.2 Å². The van der Waals surface area contributed by atoms with Gasteiger partial charge in [0.15, 0.2) is 5.16 Å². The molecule has 3 rings (SSSR count). The van der Waals surface area contributed by atoms with E-state index in [-0.39, 0.29) is 17.3 Å². The number of nitrogens with one attached hydrogen (secondary N) is 1. The number of carbonyl (C=O) groups excluding carboxylic acids is 1. The summed E-state index contributed by atoms with van der Waals surface area (Å²) in [5, 5.41) is 12.2. The Bertz CT molecular complexity index is 514. The third-order valence-electron chi connectivity index (χ3n) is 4.25. The largest absolute Gasteiger partial charge is 0.376 e. The highest BCUT2D eigenvalue weighted by Gasteiger charge is 2.22. The number of thioether (sulfide) groups is 1. The summed E-state index contributed by atoms with van der Waals surface area (Å²) in [4.78, 5) is 12.2. The summed E-state index contributed by atoms with van der Waals surface area (Å²) < 4.78 is 7.71. The minimum Gasteiger partial charge on any atom is -0.376 e. The number of nitrogens with zero attached hydrogens (tertiary/aromatic N) is 3. The van der Waals surface area contributed by atoms with E-state index in [1.165, 1.54) is 24.6 Å². The first-order valence-corrected chi connectivity index (χ1v) is 9.10. The third-order valence-corrected chi connectivity index (χ3v) is 5.34. The molecule has 1 fully saturated rings. The lowest BCUT2D eigenvalue weighted by atomic mass is 10.2. The van der Waals surface area contributed by atoms with E-state index < -0.39 is 0 Å². The lowest BCUT2D eigenvalue weighted by Crippen LogP contribution is -2.36. The van der Waals surface area contributed by atoms with Crippen LogP contribution in [0.2, 0.25) is 0 Å². The third kappa shape index (κ3) is 3.81. The van der Waals surface area contributed by atoms with Gasteiger partial charge in [0.05, 0.1) is 11.4 Å². The molecule has 7 heteroatoms. The summed E-state index contributed by atoms with van der Waals surface area (Å²) in [6, 6.07) is 0. The van der Waals surface area contributed by atoms with Gasteiger partial charge in [0.25, 0.3) is 0 Å². The van der Waals surface area contributed by atoms with Crippen molar-refractivity contribution in [3.63, 3.8) is 0 Å². The lowest BCUT2D eigenvalue weighted by molar-refractivity contribution is -0.120. The van der Waals surface area contributed by atoms with Crippen LogP contribution >= 0.6 is 11.8 Å². The van der Waals surface area contributed by atoms with Crippen molar-refractivity contribution in [2.24, 2.45) is 0 Å². The molecule has 1 aromatic rings. The Labute approximate surface area is 135 Å². The molecule has 0 saturated carbocycles. The molecule has 122 valence electrons. The number of amides is 1. The van der Waals surface area contributed by atoms with Gasteiger partial charge in [-0.15, -0.1) is 10.2 Å². The number of carbonyl (C=O) groups is 1. The topological polar surface area (TPSA) is 69.0 Å². The molecule has 2 aliphatic rings. The van der Waals surface area contributed by atoms with Crippen molar-refractivity contribution in [1.82, 2.24) is 20.1 Å². The second-order valence-corrected chi connectivity index (χ2v) is 7.31. The van der Waals surface area contributed by atoms with Gasteiger partial charge in [-0.3, -0.25) is 4.79 Å². The first-order chi connectivity index (χ1) is 10.7. The van der Waals surface area contributed by atoms with E-state index in [1.54, 1.807) is 0 Å². The molecule has 1 aromatic heterocycles. The highest BCUT2D eigenvalue weighted by atomic mass is 32.2. The Morgan fingerprint density at radius 3 is 3.14 bits per heavy atom. The van der Waals surface area contributed by atoms with E-state index in [2.05, 4.69) is 20.1 Å². The number of rotatable bonds is 5. The molecule has 0 bridgehead atoms. The van der Waals surface area contributed by atoms with Crippen molar-refractivity contribution in [1.29, 1.82) is 0 Å². The molecule has 1 amide bonds. The number of fused-ring (bicyclic) bond motifs is 1. The average Bonchev–Trinajstić information content (AvgIpc) is 3.10. The molecule has 0 aromatic carbocycles. The van der Waals surface area contributed by atoms with Gasteiger partial charge in [-0.2, -0.15) is 0 Å². The first-order valence-electron chi connectivity index (χ1n) is 8.22. The highest BCUT2D eigenvalue weighted by Crippen LogP contribution is 2.25. The van der Waals surface area contributed by atoms with E-state index in [9.17, 15) is 4.79 Å². The standard InChI is InChI=1S/C15H24N4O2S/c1-11(14(20)16-10-12-6-5-9-21-12)22-15-18-17-13-7-3-2-4-8-19(13)15/h11-12H,2-10H2,1H3,(H,16,20). The van der Waals surface area contributed by atoms with Crippen LogP contribution in [0.1, 0.15) is 44.9 Å². The van der Waals surface area contributed by atoms with E-state index >= 15 is 0 Å². The minimum atomic E-state index is -0.169. The Kier molecular flexibility index (Phi) is 5.36. The van der Waals surface area contributed by atoms with Gasteiger partial charge in [0, 0.05) is 26.1 Å². The summed E-state index contributed by atoms with van der Waals surface area (Å²) >= 11 is 1.50. The van der Waals surface area contributed by atoms with Crippen LogP contribution in [0.25, 0.3) is 0 Å². The molecule has 2 unspecified atom stereocenters. The van der Waals surface area contributed by atoms with Gasteiger partial charge in [-0.05, 0) is 32.6 Å². The summed E-state index contributed by atoms with van der Waals surface area (Å²) in [5.74, 6) is 1.11. The molecule has 1 saturated heterocycles. The molecule has 22 heavy (non-hydrogen) atoms. The molecule has 2 aliphatic heterocycles. The predicted octanol–water partition coefficient (Wildman–Crippen LogP) is 1.78. The fourth-order valence-electron chi connectivity index (χ4n) is 2.92. The zero-order valence-corrected chi connectivity index (χ0v) is 13.9. The van der Waals surface area contributed by atoms with Crippen LogP contribution in [0.15, 0.2) is 5.16 Å². The minimum absolute atomic E-state index is 0.0477. The van der Waals surface area contributed by atoms with Gasteiger partial charge in [0.2, 0.25) is 5.91 Å². The van der Waals surface area contributed by atoms with Gasteiger partial charge in [0.1, 0.15) is 5.82 Å². The Balaban J connectivity index is 1.53. The van der Waals surface area contributed by atoms with Gasteiger partial charge >= 0.3 is 0 Å². The van der Waals surface area contributed by atoms with Crippen LogP contribution < -0.4 is 5.32 Å². The molecule has 2 atom stereocenters. The maximum absolute atomic E-state index is 12.2. The molecular formula is C15H24N4O2S. The maximum Gasteiger partial charge on any atom is 0.233 e. The molecule has 6 nitrogen and oxygen atoms in total. The second kappa shape index (κ2) is 7.46. The molecule has 0 radical (unpaired) electrons. The van der Waals surface area contributed by atoms with Gasteiger partial charge in [-0.25, -0.2) is 0 Å². The quantitative estimate of drug-likeness (QED) is 0.836. The fraction of sp³-hybridized carbons (Fsp3) is 0.800.